The van der Waals surface area contributed by atoms with E-state index in [2.05, 4.69) is 21.3 Å². The SMILES string of the molecule is CCC1C(=O)NCCN1CC=Cc1ccccn1. The molecule has 1 aliphatic rings. The lowest BCUT2D eigenvalue weighted by Crippen LogP contribution is -2.54. The number of piperazine rings is 1. The molecule has 2 heterocycles. The molecule has 4 heteroatoms. The summed E-state index contributed by atoms with van der Waals surface area (Å²) >= 11 is 0. The Morgan fingerprint density at radius 1 is 1.56 bits per heavy atom. The van der Waals surface area contributed by atoms with Gasteiger partial charge in [-0.3, -0.25) is 14.7 Å². The Hall–Kier alpha value is -1.68. The van der Waals surface area contributed by atoms with E-state index in [-0.39, 0.29) is 11.9 Å². The first-order valence-corrected chi connectivity index (χ1v) is 6.40. The second-order valence-corrected chi connectivity index (χ2v) is 4.37. The molecule has 1 unspecified atom stereocenters. The number of aromatic nitrogens is 1. The van der Waals surface area contributed by atoms with E-state index in [4.69, 9.17) is 0 Å². The topological polar surface area (TPSA) is 45.2 Å². The van der Waals surface area contributed by atoms with Crippen LogP contribution in [-0.2, 0) is 4.79 Å². The van der Waals surface area contributed by atoms with E-state index in [0.29, 0.717) is 0 Å². The van der Waals surface area contributed by atoms with Gasteiger partial charge < -0.3 is 5.32 Å². The van der Waals surface area contributed by atoms with Crippen LogP contribution in [-0.4, -0.2) is 41.5 Å². The molecule has 1 aromatic heterocycles. The Kier molecular flexibility index (Phi) is 4.47. The number of amides is 1. The van der Waals surface area contributed by atoms with Crippen molar-refractivity contribution in [2.45, 2.75) is 19.4 Å². The molecule has 1 atom stereocenters. The van der Waals surface area contributed by atoms with E-state index in [0.717, 1.165) is 31.7 Å². The van der Waals surface area contributed by atoms with Crippen molar-refractivity contribution >= 4 is 12.0 Å². The van der Waals surface area contributed by atoms with Crippen LogP contribution in [0.3, 0.4) is 0 Å². The molecule has 1 aromatic rings. The predicted molar refractivity (Wildman–Crippen MR) is 71.9 cm³/mol. The van der Waals surface area contributed by atoms with E-state index in [1.807, 2.05) is 31.2 Å². The van der Waals surface area contributed by atoms with Crippen LogP contribution in [0.25, 0.3) is 6.08 Å². The van der Waals surface area contributed by atoms with Crippen LogP contribution in [0.4, 0.5) is 0 Å². The average Bonchev–Trinajstić information content (AvgIpc) is 2.40. The van der Waals surface area contributed by atoms with E-state index in [1.54, 1.807) is 6.20 Å². The Bertz CT molecular complexity index is 416. The Morgan fingerprint density at radius 3 is 3.17 bits per heavy atom. The number of nitrogens with zero attached hydrogens (tertiary/aromatic N) is 2. The van der Waals surface area contributed by atoms with Crippen molar-refractivity contribution in [3.63, 3.8) is 0 Å². The minimum absolute atomic E-state index is 0.00660. The van der Waals surface area contributed by atoms with Gasteiger partial charge in [-0.1, -0.05) is 19.1 Å². The van der Waals surface area contributed by atoms with Gasteiger partial charge in [-0.05, 0) is 24.6 Å². The maximum absolute atomic E-state index is 11.7. The van der Waals surface area contributed by atoms with E-state index in [1.165, 1.54) is 0 Å². The second-order valence-electron chi connectivity index (χ2n) is 4.37. The summed E-state index contributed by atoms with van der Waals surface area (Å²) in [6.45, 7) is 4.50. The van der Waals surface area contributed by atoms with Crippen LogP contribution in [0.1, 0.15) is 19.0 Å². The maximum atomic E-state index is 11.7. The molecule has 4 nitrogen and oxygen atoms in total. The molecule has 18 heavy (non-hydrogen) atoms. The van der Waals surface area contributed by atoms with Crippen molar-refractivity contribution in [2.75, 3.05) is 19.6 Å². The van der Waals surface area contributed by atoms with Gasteiger partial charge in [-0.25, -0.2) is 0 Å². The monoisotopic (exact) mass is 245 g/mol. The summed E-state index contributed by atoms with van der Waals surface area (Å²) in [6, 6.07) is 5.85. The summed E-state index contributed by atoms with van der Waals surface area (Å²) in [7, 11) is 0. The summed E-state index contributed by atoms with van der Waals surface area (Å²) in [5.41, 5.74) is 0.951. The van der Waals surface area contributed by atoms with Crippen LogP contribution in [0.5, 0.6) is 0 Å². The largest absolute Gasteiger partial charge is 0.353 e. The molecule has 1 aliphatic heterocycles. The zero-order chi connectivity index (χ0) is 12.8. The Morgan fingerprint density at radius 2 is 2.44 bits per heavy atom. The normalized spacial score (nSPS) is 21.2. The van der Waals surface area contributed by atoms with Crippen molar-refractivity contribution in [3.05, 3.63) is 36.2 Å². The third-order valence-corrected chi connectivity index (χ3v) is 3.14. The zero-order valence-electron chi connectivity index (χ0n) is 10.7. The highest BCUT2D eigenvalue weighted by atomic mass is 16.2. The molecule has 1 saturated heterocycles. The predicted octanol–water partition coefficient (Wildman–Crippen LogP) is 1.31. The minimum atomic E-state index is 0.00660. The van der Waals surface area contributed by atoms with E-state index >= 15 is 0 Å². The first-order valence-electron chi connectivity index (χ1n) is 6.40. The maximum Gasteiger partial charge on any atom is 0.237 e. The fourth-order valence-corrected chi connectivity index (χ4v) is 2.21. The van der Waals surface area contributed by atoms with Gasteiger partial charge in [0, 0.05) is 25.8 Å². The highest BCUT2D eigenvalue weighted by molar-refractivity contribution is 5.82. The van der Waals surface area contributed by atoms with Gasteiger partial charge in [0.2, 0.25) is 5.91 Å². The second kappa shape index (κ2) is 6.31. The van der Waals surface area contributed by atoms with Crippen molar-refractivity contribution in [1.82, 2.24) is 15.2 Å². The first-order chi connectivity index (χ1) is 8.81. The van der Waals surface area contributed by atoms with Gasteiger partial charge in [0.15, 0.2) is 0 Å². The van der Waals surface area contributed by atoms with Gasteiger partial charge in [0.25, 0.3) is 0 Å². The smallest absolute Gasteiger partial charge is 0.237 e. The third-order valence-electron chi connectivity index (χ3n) is 3.14. The number of carbonyl (C=O) groups excluding carboxylic acids is 1. The highest BCUT2D eigenvalue weighted by Gasteiger charge is 2.26. The number of pyridine rings is 1. The lowest BCUT2D eigenvalue weighted by atomic mass is 10.1. The first kappa shape index (κ1) is 12.8. The molecule has 1 N–H and O–H groups in total. The fourth-order valence-electron chi connectivity index (χ4n) is 2.21. The average molecular weight is 245 g/mol. The fraction of sp³-hybridized carbons (Fsp3) is 0.429. The molecule has 0 radical (unpaired) electrons. The van der Waals surface area contributed by atoms with Crippen LogP contribution in [0.15, 0.2) is 30.5 Å². The van der Waals surface area contributed by atoms with Gasteiger partial charge >= 0.3 is 0 Å². The highest BCUT2D eigenvalue weighted by Crippen LogP contribution is 2.08. The van der Waals surface area contributed by atoms with E-state index in [9.17, 15) is 4.79 Å². The zero-order valence-corrected chi connectivity index (χ0v) is 10.7. The Balaban J connectivity index is 1.92. The molecule has 0 spiro atoms. The summed E-state index contributed by atoms with van der Waals surface area (Å²) < 4.78 is 0. The number of carbonyl (C=O) groups is 1. The summed E-state index contributed by atoms with van der Waals surface area (Å²) in [4.78, 5) is 18.1. The molecule has 0 aromatic carbocycles. The molecule has 0 bridgehead atoms. The quantitative estimate of drug-likeness (QED) is 0.870. The lowest BCUT2D eigenvalue weighted by molar-refractivity contribution is -0.128. The Labute approximate surface area is 108 Å². The van der Waals surface area contributed by atoms with Crippen LogP contribution >= 0.6 is 0 Å². The van der Waals surface area contributed by atoms with Crippen molar-refractivity contribution < 1.29 is 4.79 Å². The lowest BCUT2D eigenvalue weighted by Gasteiger charge is -2.33. The van der Waals surface area contributed by atoms with Crippen LogP contribution in [0.2, 0.25) is 0 Å². The van der Waals surface area contributed by atoms with Crippen LogP contribution in [0, 0.1) is 0 Å². The molecule has 0 saturated carbocycles. The molecular weight excluding hydrogens is 226 g/mol. The third kappa shape index (κ3) is 3.17. The molecule has 96 valence electrons. The van der Waals surface area contributed by atoms with E-state index < -0.39 is 0 Å². The molecule has 1 amide bonds. The van der Waals surface area contributed by atoms with Crippen molar-refractivity contribution in [1.29, 1.82) is 0 Å². The summed E-state index contributed by atoms with van der Waals surface area (Å²) in [6.07, 6.45) is 6.70. The number of rotatable bonds is 4. The van der Waals surface area contributed by atoms with Crippen molar-refractivity contribution in [3.8, 4) is 0 Å². The minimum Gasteiger partial charge on any atom is -0.353 e. The number of hydrogen-bond donors (Lipinski definition) is 1. The molecule has 0 aliphatic carbocycles. The van der Waals surface area contributed by atoms with Gasteiger partial charge in [0.05, 0.1) is 11.7 Å². The molecule has 2 rings (SSSR count). The van der Waals surface area contributed by atoms with Gasteiger partial charge in [-0.15, -0.1) is 0 Å². The van der Waals surface area contributed by atoms with Gasteiger partial charge in [-0.2, -0.15) is 0 Å². The van der Waals surface area contributed by atoms with Crippen molar-refractivity contribution in [2.24, 2.45) is 0 Å². The summed E-state index contributed by atoms with van der Waals surface area (Å²) in [5, 5.41) is 2.90. The summed E-state index contributed by atoms with van der Waals surface area (Å²) in [5.74, 6) is 0.148. The van der Waals surface area contributed by atoms with Gasteiger partial charge in [0.1, 0.15) is 0 Å². The molecule has 1 fully saturated rings. The standard InChI is InChI=1S/C14H19N3O/c1-2-13-14(18)16-9-11-17(13)10-5-7-12-6-3-4-8-15-12/h3-8,13H,2,9-11H2,1H3,(H,16,18). The van der Waals surface area contributed by atoms with Crippen LogP contribution < -0.4 is 5.32 Å². The number of hydrogen-bond acceptors (Lipinski definition) is 3. The number of nitrogens with one attached hydrogen (secondary N) is 1. The molecular formula is C14H19N3O.